The number of hydrogen-bond acceptors (Lipinski definition) is 5. The van der Waals surface area contributed by atoms with E-state index in [9.17, 15) is 9.59 Å². The molecule has 1 aliphatic rings. The molecule has 0 atom stereocenters. The van der Waals surface area contributed by atoms with Gasteiger partial charge in [0.1, 0.15) is 6.29 Å². The highest BCUT2D eigenvalue weighted by Crippen LogP contribution is 2.32. The van der Waals surface area contributed by atoms with Crippen molar-refractivity contribution < 1.29 is 24.2 Å². The fraction of sp³-hybridized carbons (Fsp3) is 0.412. The standard InChI is InChI=1S/C14H16O4.C2H6.CH4O/c1-8(7-15)6-11-9(2)10(3)13(17-4)14(18-5)12(11)16;2*1-2/h6-7H,3H2,1-2,4-5H3;1-2H3;2H,1H3/b8-6+;;. The van der Waals surface area contributed by atoms with E-state index in [4.69, 9.17) is 14.6 Å². The predicted octanol–water partition coefficient (Wildman–Crippen LogP) is 2.73. The maximum Gasteiger partial charge on any atom is 0.231 e. The Hall–Kier alpha value is -2.14. The average Bonchev–Trinajstić information content (AvgIpc) is 2.57. The molecule has 1 N–H and O–H groups in total. The van der Waals surface area contributed by atoms with Gasteiger partial charge < -0.3 is 14.6 Å². The minimum atomic E-state index is -0.305. The van der Waals surface area contributed by atoms with Crippen LogP contribution in [0.3, 0.4) is 0 Å². The van der Waals surface area contributed by atoms with E-state index in [1.807, 2.05) is 13.8 Å². The molecule has 0 aliphatic heterocycles. The monoisotopic (exact) mass is 310 g/mol. The molecule has 0 saturated heterocycles. The number of Topliss-reactive ketones (excluding diaryl/α,β-unsaturated/α-hetero) is 1. The first-order valence-corrected chi connectivity index (χ1v) is 6.83. The molecule has 22 heavy (non-hydrogen) atoms. The van der Waals surface area contributed by atoms with Crippen LogP contribution in [0.25, 0.3) is 0 Å². The van der Waals surface area contributed by atoms with Crippen molar-refractivity contribution in [3.05, 3.63) is 46.5 Å². The second-order valence-corrected chi connectivity index (χ2v) is 3.92. The van der Waals surface area contributed by atoms with Crippen LogP contribution in [0.4, 0.5) is 0 Å². The molecule has 0 unspecified atom stereocenters. The van der Waals surface area contributed by atoms with E-state index in [1.54, 1.807) is 13.8 Å². The second kappa shape index (κ2) is 11.5. The zero-order valence-corrected chi connectivity index (χ0v) is 14.4. The third-order valence-corrected chi connectivity index (χ3v) is 2.75. The van der Waals surface area contributed by atoms with Crippen molar-refractivity contribution in [1.82, 2.24) is 0 Å². The number of aliphatic hydroxyl groups is 1. The summed E-state index contributed by atoms with van der Waals surface area (Å²) in [5.74, 6) is 0.138. The molecule has 5 nitrogen and oxygen atoms in total. The Morgan fingerprint density at radius 3 is 1.95 bits per heavy atom. The van der Waals surface area contributed by atoms with Crippen LogP contribution >= 0.6 is 0 Å². The maximum absolute atomic E-state index is 12.2. The molecule has 0 aromatic rings. The number of ketones is 1. The molecule has 124 valence electrons. The Morgan fingerprint density at radius 1 is 1.14 bits per heavy atom. The number of ether oxygens (including phenoxy) is 2. The number of rotatable bonds is 4. The molecule has 5 heteroatoms. The molecule has 0 aromatic heterocycles. The first-order chi connectivity index (χ1) is 10.5. The number of aliphatic hydroxyl groups excluding tert-OH is 1. The van der Waals surface area contributed by atoms with E-state index in [0.29, 0.717) is 34.3 Å². The van der Waals surface area contributed by atoms with Gasteiger partial charge in [0.25, 0.3) is 0 Å². The van der Waals surface area contributed by atoms with Gasteiger partial charge >= 0.3 is 0 Å². The Labute approximate surface area is 132 Å². The van der Waals surface area contributed by atoms with Gasteiger partial charge in [-0.1, -0.05) is 20.4 Å². The Bertz CT molecular complexity index is 507. The van der Waals surface area contributed by atoms with Crippen molar-refractivity contribution in [2.75, 3.05) is 21.3 Å². The highest BCUT2D eigenvalue weighted by molar-refractivity contribution is 6.12. The lowest BCUT2D eigenvalue weighted by molar-refractivity contribution is -0.115. The van der Waals surface area contributed by atoms with E-state index in [2.05, 4.69) is 6.58 Å². The number of methoxy groups -OCH3 is 2. The normalized spacial score (nSPS) is 14.6. The summed E-state index contributed by atoms with van der Waals surface area (Å²) >= 11 is 0. The summed E-state index contributed by atoms with van der Waals surface area (Å²) in [5.41, 5.74) is 2.13. The molecule has 0 fully saturated rings. The van der Waals surface area contributed by atoms with Crippen molar-refractivity contribution >= 4 is 12.1 Å². The first kappa shape index (κ1) is 22.1. The SMILES string of the molecule is C=C1C(C)=C(/C=C(\C)C=O)C(=O)C(OC)=C1OC.CC.CO. The molecule has 1 aliphatic carbocycles. The lowest BCUT2D eigenvalue weighted by atomic mass is 9.90. The summed E-state index contributed by atoms with van der Waals surface area (Å²) in [6, 6.07) is 0. The lowest BCUT2D eigenvalue weighted by Gasteiger charge is -2.21. The van der Waals surface area contributed by atoms with E-state index >= 15 is 0 Å². The summed E-state index contributed by atoms with van der Waals surface area (Å²) in [6.45, 7) is 11.3. The molecule has 0 spiro atoms. The van der Waals surface area contributed by atoms with E-state index < -0.39 is 0 Å². The third-order valence-electron chi connectivity index (χ3n) is 2.75. The fourth-order valence-corrected chi connectivity index (χ4v) is 1.70. The van der Waals surface area contributed by atoms with Crippen LogP contribution in [0.15, 0.2) is 46.5 Å². The van der Waals surface area contributed by atoms with Crippen LogP contribution in [0.2, 0.25) is 0 Å². The van der Waals surface area contributed by atoms with Crippen LogP contribution in [-0.4, -0.2) is 38.5 Å². The predicted molar refractivity (Wildman–Crippen MR) is 87.2 cm³/mol. The zero-order valence-electron chi connectivity index (χ0n) is 14.4. The van der Waals surface area contributed by atoms with Gasteiger partial charge in [0, 0.05) is 18.3 Å². The zero-order chi connectivity index (χ0) is 17.9. The van der Waals surface area contributed by atoms with Gasteiger partial charge in [-0.05, 0) is 31.1 Å². The van der Waals surface area contributed by atoms with Crippen LogP contribution in [0, 0.1) is 0 Å². The third kappa shape index (κ3) is 5.00. The van der Waals surface area contributed by atoms with Gasteiger partial charge in [0.15, 0.2) is 5.76 Å². The van der Waals surface area contributed by atoms with Crippen LogP contribution in [0.1, 0.15) is 27.7 Å². The minimum Gasteiger partial charge on any atom is -0.492 e. The van der Waals surface area contributed by atoms with Gasteiger partial charge in [-0.2, -0.15) is 0 Å². The van der Waals surface area contributed by atoms with Crippen molar-refractivity contribution in [1.29, 1.82) is 0 Å². The van der Waals surface area contributed by atoms with Crippen LogP contribution in [0.5, 0.6) is 0 Å². The summed E-state index contributed by atoms with van der Waals surface area (Å²) in [5, 5.41) is 7.00. The van der Waals surface area contributed by atoms with Crippen LogP contribution in [-0.2, 0) is 19.1 Å². The Kier molecular flexibility index (Phi) is 11.6. The quantitative estimate of drug-likeness (QED) is 0.638. The number of aldehydes is 1. The largest absolute Gasteiger partial charge is 0.492 e. The molecule has 0 aromatic carbocycles. The van der Waals surface area contributed by atoms with E-state index in [1.165, 1.54) is 20.3 Å². The summed E-state index contributed by atoms with van der Waals surface area (Å²) < 4.78 is 10.2. The molecular formula is C17H26O5. The van der Waals surface area contributed by atoms with Gasteiger partial charge in [-0.3, -0.25) is 9.59 Å². The molecule has 1 rings (SSSR count). The van der Waals surface area contributed by atoms with Gasteiger partial charge in [-0.15, -0.1) is 0 Å². The maximum atomic E-state index is 12.2. The Morgan fingerprint density at radius 2 is 1.59 bits per heavy atom. The van der Waals surface area contributed by atoms with E-state index in [-0.39, 0.29) is 11.5 Å². The minimum absolute atomic E-state index is 0.109. The van der Waals surface area contributed by atoms with Crippen molar-refractivity contribution in [3.63, 3.8) is 0 Å². The highest BCUT2D eigenvalue weighted by Gasteiger charge is 2.30. The second-order valence-electron chi connectivity index (χ2n) is 3.92. The number of carbonyl (C=O) groups is 2. The number of allylic oxidation sites excluding steroid dienone is 4. The fourth-order valence-electron chi connectivity index (χ4n) is 1.70. The van der Waals surface area contributed by atoms with Crippen LogP contribution < -0.4 is 0 Å². The summed E-state index contributed by atoms with van der Waals surface area (Å²) in [6.07, 6.45) is 2.22. The molecule has 0 heterocycles. The molecule has 0 amide bonds. The van der Waals surface area contributed by atoms with Gasteiger partial charge in [0.05, 0.1) is 14.2 Å². The van der Waals surface area contributed by atoms with Crippen molar-refractivity contribution in [3.8, 4) is 0 Å². The average molecular weight is 310 g/mol. The molecule has 0 bridgehead atoms. The van der Waals surface area contributed by atoms with Crippen molar-refractivity contribution in [2.24, 2.45) is 0 Å². The Balaban J connectivity index is 0. The van der Waals surface area contributed by atoms with Crippen molar-refractivity contribution in [2.45, 2.75) is 27.7 Å². The van der Waals surface area contributed by atoms with E-state index in [0.717, 1.165) is 7.11 Å². The van der Waals surface area contributed by atoms with Gasteiger partial charge in [-0.25, -0.2) is 0 Å². The molecule has 0 radical (unpaired) electrons. The summed E-state index contributed by atoms with van der Waals surface area (Å²) in [4.78, 5) is 22.9. The molecular weight excluding hydrogens is 284 g/mol. The highest BCUT2D eigenvalue weighted by atomic mass is 16.5. The number of carbonyl (C=O) groups excluding carboxylic acids is 2. The smallest absolute Gasteiger partial charge is 0.231 e. The lowest BCUT2D eigenvalue weighted by Crippen LogP contribution is -2.19. The molecule has 0 saturated carbocycles. The summed E-state index contributed by atoms with van der Waals surface area (Å²) in [7, 11) is 3.85. The van der Waals surface area contributed by atoms with Gasteiger partial charge in [0.2, 0.25) is 11.5 Å². The number of hydrogen-bond donors (Lipinski definition) is 1. The first-order valence-electron chi connectivity index (χ1n) is 6.83. The topological polar surface area (TPSA) is 72.8 Å².